The Bertz CT molecular complexity index is 647. The molecular formula is C19H22N2O2. The fourth-order valence-electron chi connectivity index (χ4n) is 3.25. The fraction of sp³-hybridized carbons (Fsp3) is 0.368. The second kappa shape index (κ2) is 6.92. The number of carboxylic acids is 1. The maximum absolute atomic E-state index is 11.2. The lowest BCUT2D eigenvalue weighted by Crippen LogP contribution is -2.39. The zero-order valence-corrected chi connectivity index (χ0v) is 13.4. The largest absolute Gasteiger partial charge is 0.481 e. The molecule has 120 valence electrons. The standard InChI is InChI=1S/C19H22N2O2/c1-14-7-8-17(20-13-14)18(15-5-3-2-4-6-15)21-11-9-16(10-12-21)19(22)23/h2-8,13,16,18H,9-12H2,1H3,(H,22,23). The van der Waals surface area contributed by atoms with Gasteiger partial charge in [0.2, 0.25) is 0 Å². The minimum Gasteiger partial charge on any atom is -0.481 e. The lowest BCUT2D eigenvalue weighted by Gasteiger charge is -2.36. The third-order valence-corrected chi connectivity index (χ3v) is 4.57. The minimum atomic E-state index is -0.672. The van der Waals surface area contributed by atoms with Crippen LogP contribution in [0, 0.1) is 12.8 Å². The summed E-state index contributed by atoms with van der Waals surface area (Å²) in [6, 6.07) is 14.6. The molecule has 2 heterocycles. The van der Waals surface area contributed by atoms with Crippen molar-refractivity contribution in [1.29, 1.82) is 0 Å². The van der Waals surface area contributed by atoms with E-state index in [0.717, 1.165) is 24.3 Å². The van der Waals surface area contributed by atoms with Crippen molar-refractivity contribution >= 4 is 5.97 Å². The SMILES string of the molecule is Cc1ccc(C(c2ccccc2)N2CCC(C(=O)O)CC2)nc1. The molecule has 4 heteroatoms. The highest BCUT2D eigenvalue weighted by Gasteiger charge is 2.30. The van der Waals surface area contributed by atoms with E-state index < -0.39 is 5.97 Å². The third kappa shape index (κ3) is 3.59. The van der Waals surface area contributed by atoms with Gasteiger partial charge in [0.05, 0.1) is 17.7 Å². The first kappa shape index (κ1) is 15.7. The lowest BCUT2D eigenvalue weighted by molar-refractivity contribution is -0.143. The molecule has 0 aliphatic carbocycles. The number of likely N-dealkylation sites (tertiary alicyclic amines) is 1. The van der Waals surface area contributed by atoms with Crippen LogP contribution in [0.15, 0.2) is 48.7 Å². The van der Waals surface area contributed by atoms with Crippen LogP contribution in [0.5, 0.6) is 0 Å². The Hall–Kier alpha value is -2.20. The van der Waals surface area contributed by atoms with E-state index in [1.807, 2.05) is 31.3 Å². The van der Waals surface area contributed by atoms with Gasteiger partial charge in [-0.25, -0.2) is 0 Å². The molecule has 1 aromatic heterocycles. The van der Waals surface area contributed by atoms with Crippen molar-refractivity contribution in [2.75, 3.05) is 13.1 Å². The molecule has 1 unspecified atom stereocenters. The van der Waals surface area contributed by atoms with Crippen LogP contribution in [0.2, 0.25) is 0 Å². The van der Waals surface area contributed by atoms with Crippen LogP contribution in [0.3, 0.4) is 0 Å². The van der Waals surface area contributed by atoms with E-state index >= 15 is 0 Å². The van der Waals surface area contributed by atoms with Crippen molar-refractivity contribution in [2.45, 2.75) is 25.8 Å². The van der Waals surface area contributed by atoms with Gasteiger partial charge in [-0.3, -0.25) is 14.7 Å². The number of carbonyl (C=O) groups is 1. The molecule has 1 atom stereocenters. The zero-order chi connectivity index (χ0) is 16.2. The molecule has 4 nitrogen and oxygen atoms in total. The van der Waals surface area contributed by atoms with E-state index in [-0.39, 0.29) is 12.0 Å². The Morgan fingerprint density at radius 3 is 2.43 bits per heavy atom. The number of pyridine rings is 1. The van der Waals surface area contributed by atoms with Crippen LogP contribution in [0.4, 0.5) is 0 Å². The first-order chi connectivity index (χ1) is 11.1. The van der Waals surface area contributed by atoms with Gasteiger partial charge in [0.25, 0.3) is 0 Å². The normalized spacial score (nSPS) is 17.8. The molecule has 1 saturated heterocycles. The topological polar surface area (TPSA) is 53.4 Å². The Morgan fingerprint density at radius 2 is 1.87 bits per heavy atom. The van der Waals surface area contributed by atoms with Gasteiger partial charge in [-0.2, -0.15) is 0 Å². The van der Waals surface area contributed by atoms with Crippen molar-refractivity contribution < 1.29 is 9.90 Å². The summed E-state index contributed by atoms with van der Waals surface area (Å²) in [7, 11) is 0. The number of benzene rings is 1. The number of carboxylic acid groups (broad SMARTS) is 1. The predicted molar refractivity (Wildman–Crippen MR) is 89.2 cm³/mol. The maximum Gasteiger partial charge on any atom is 0.306 e. The van der Waals surface area contributed by atoms with Crippen molar-refractivity contribution in [2.24, 2.45) is 5.92 Å². The van der Waals surface area contributed by atoms with Crippen LogP contribution in [-0.4, -0.2) is 34.0 Å². The fourth-order valence-corrected chi connectivity index (χ4v) is 3.25. The maximum atomic E-state index is 11.2. The first-order valence-corrected chi connectivity index (χ1v) is 8.09. The van der Waals surface area contributed by atoms with Gasteiger partial charge in [-0.05, 0) is 50.0 Å². The summed E-state index contributed by atoms with van der Waals surface area (Å²) in [5.74, 6) is -0.886. The molecule has 0 amide bonds. The molecule has 1 fully saturated rings. The number of aryl methyl sites for hydroxylation is 1. The number of hydrogen-bond acceptors (Lipinski definition) is 3. The number of aliphatic carboxylic acids is 1. The molecule has 0 radical (unpaired) electrons. The molecule has 3 rings (SSSR count). The Kier molecular flexibility index (Phi) is 4.72. The molecule has 0 saturated carbocycles. The second-order valence-electron chi connectivity index (χ2n) is 6.22. The van der Waals surface area contributed by atoms with Crippen LogP contribution in [0.1, 0.15) is 35.7 Å². The summed E-state index contributed by atoms with van der Waals surface area (Å²) in [5.41, 5.74) is 3.37. The van der Waals surface area contributed by atoms with E-state index in [9.17, 15) is 9.90 Å². The van der Waals surface area contributed by atoms with Gasteiger partial charge in [0.15, 0.2) is 0 Å². The van der Waals surface area contributed by atoms with E-state index in [4.69, 9.17) is 0 Å². The van der Waals surface area contributed by atoms with Crippen LogP contribution < -0.4 is 0 Å². The third-order valence-electron chi connectivity index (χ3n) is 4.57. The molecular weight excluding hydrogens is 288 g/mol. The van der Waals surface area contributed by atoms with Crippen LogP contribution in [0.25, 0.3) is 0 Å². The summed E-state index contributed by atoms with van der Waals surface area (Å²) in [6.45, 7) is 3.60. The van der Waals surface area contributed by atoms with Crippen molar-refractivity contribution in [1.82, 2.24) is 9.88 Å². The van der Waals surface area contributed by atoms with Gasteiger partial charge < -0.3 is 5.11 Å². The molecule has 1 aliphatic heterocycles. The first-order valence-electron chi connectivity index (χ1n) is 8.09. The quantitative estimate of drug-likeness (QED) is 0.941. The predicted octanol–water partition coefficient (Wildman–Crippen LogP) is 3.28. The highest BCUT2D eigenvalue weighted by molar-refractivity contribution is 5.70. The number of hydrogen-bond donors (Lipinski definition) is 1. The molecule has 2 aromatic rings. The molecule has 0 bridgehead atoms. The van der Waals surface area contributed by atoms with Crippen molar-refractivity contribution in [3.63, 3.8) is 0 Å². The molecule has 0 spiro atoms. The molecule has 1 aliphatic rings. The van der Waals surface area contributed by atoms with Crippen LogP contribution >= 0.6 is 0 Å². The zero-order valence-electron chi connectivity index (χ0n) is 13.4. The Balaban J connectivity index is 1.87. The Labute approximate surface area is 136 Å². The average Bonchev–Trinajstić information content (AvgIpc) is 2.58. The summed E-state index contributed by atoms with van der Waals surface area (Å²) in [6.07, 6.45) is 3.30. The van der Waals surface area contributed by atoms with Crippen LogP contribution in [-0.2, 0) is 4.79 Å². The Morgan fingerprint density at radius 1 is 1.17 bits per heavy atom. The monoisotopic (exact) mass is 310 g/mol. The summed E-state index contributed by atoms with van der Waals surface area (Å²) in [5, 5.41) is 9.20. The van der Waals surface area contributed by atoms with E-state index in [2.05, 4.69) is 34.1 Å². The molecule has 23 heavy (non-hydrogen) atoms. The number of rotatable bonds is 4. The second-order valence-corrected chi connectivity index (χ2v) is 6.22. The highest BCUT2D eigenvalue weighted by atomic mass is 16.4. The van der Waals surface area contributed by atoms with Gasteiger partial charge in [-0.15, -0.1) is 0 Å². The van der Waals surface area contributed by atoms with E-state index in [1.165, 1.54) is 5.56 Å². The van der Waals surface area contributed by atoms with Crippen molar-refractivity contribution in [3.05, 3.63) is 65.5 Å². The van der Waals surface area contributed by atoms with Gasteiger partial charge in [-0.1, -0.05) is 36.4 Å². The summed E-state index contributed by atoms with van der Waals surface area (Å²) >= 11 is 0. The molecule has 1 N–H and O–H groups in total. The number of piperidine rings is 1. The van der Waals surface area contributed by atoms with Gasteiger partial charge >= 0.3 is 5.97 Å². The van der Waals surface area contributed by atoms with E-state index in [0.29, 0.717) is 12.8 Å². The average molecular weight is 310 g/mol. The smallest absolute Gasteiger partial charge is 0.306 e. The minimum absolute atomic E-state index is 0.0894. The van der Waals surface area contributed by atoms with Gasteiger partial charge in [0.1, 0.15) is 0 Å². The van der Waals surface area contributed by atoms with Gasteiger partial charge in [0, 0.05) is 6.20 Å². The van der Waals surface area contributed by atoms with E-state index in [1.54, 1.807) is 0 Å². The molecule has 1 aromatic carbocycles. The lowest BCUT2D eigenvalue weighted by atomic mass is 9.93. The van der Waals surface area contributed by atoms with Crippen molar-refractivity contribution in [3.8, 4) is 0 Å². The summed E-state index contributed by atoms with van der Waals surface area (Å²) in [4.78, 5) is 18.2. The summed E-state index contributed by atoms with van der Waals surface area (Å²) < 4.78 is 0. The number of nitrogens with zero attached hydrogens (tertiary/aromatic N) is 2. The number of aromatic nitrogens is 1. The highest BCUT2D eigenvalue weighted by Crippen LogP contribution is 2.31.